The molecular weight excluding hydrogens is 338 g/mol. The van der Waals surface area contributed by atoms with Crippen molar-refractivity contribution in [3.63, 3.8) is 0 Å². The Hall–Kier alpha value is -1.75. The van der Waals surface area contributed by atoms with Gasteiger partial charge >= 0.3 is 0 Å². The highest BCUT2D eigenvalue weighted by Gasteiger charge is 2.33. The number of hydrogen-bond acceptors (Lipinski definition) is 4. The average molecular weight is 362 g/mol. The highest BCUT2D eigenvalue weighted by Crippen LogP contribution is 2.29. The highest BCUT2D eigenvalue weighted by atomic mass is 35.5. The van der Waals surface area contributed by atoms with E-state index in [2.05, 4.69) is 4.90 Å². The Morgan fingerprint density at radius 1 is 1.12 bits per heavy atom. The number of rotatable bonds is 5. The molecule has 0 saturated carbocycles. The summed E-state index contributed by atoms with van der Waals surface area (Å²) in [6.07, 6.45) is 1.32. The van der Waals surface area contributed by atoms with E-state index in [-0.39, 0.29) is 12.4 Å². The van der Waals surface area contributed by atoms with Gasteiger partial charge in [-0.2, -0.15) is 0 Å². The molecule has 1 heterocycles. The minimum Gasteiger partial charge on any atom is -0.508 e. The van der Waals surface area contributed by atoms with E-state index in [1.165, 1.54) is 0 Å². The first kappa shape index (κ1) is 18.1. The van der Waals surface area contributed by atoms with Crippen LogP contribution in [0, 0.1) is 6.92 Å². The second-order valence-corrected chi connectivity index (χ2v) is 7.30. The van der Waals surface area contributed by atoms with E-state index in [4.69, 9.17) is 16.3 Å². The third-order valence-corrected chi connectivity index (χ3v) is 5.02. The minimum atomic E-state index is -0.821. The SMILES string of the molecule is Cc1ccc(Cl)c(OCC2(O)CCN(Cc3ccc(O)cc3)CC2)c1. The molecular formula is C20H24ClNO3. The van der Waals surface area contributed by atoms with Crippen LogP contribution in [0.2, 0.25) is 5.02 Å². The van der Waals surface area contributed by atoms with Crippen molar-refractivity contribution in [1.82, 2.24) is 4.90 Å². The van der Waals surface area contributed by atoms with Crippen molar-refractivity contribution >= 4 is 11.6 Å². The third-order valence-electron chi connectivity index (χ3n) is 4.71. The van der Waals surface area contributed by atoms with E-state index in [0.717, 1.165) is 30.8 Å². The van der Waals surface area contributed by atoms with Crippen molar-refractivity contribution in [3.05, 3.63) is 58.6 Å². The van der Waals surface area contributed by atoms with Gasteiger partial charge in [0.2, 0.25) is 0 Å². The molecule has 3 rings (SSSR count). The van der Waals surface area contributed by atoms with Crippen LogP contribution in [-0.2, 0) is 6.54 Å². The zero-order valence-electron chi connectivity index (χ0n) is 14.4. The molecule has 1 aliphatic heterocycles. The van der Waals surface area contributed by atoms with Crippen molar-refractivity contribution in [2.45, 2.75) is 31.9 Å². The van der Waals surface area contributed by atoms with Crippen molar-refractivity contribution in [2.75, 3.05) is 19.7 Å². The fourth-order valence-corrected chi connectivity index (χ4v) is 3.24. The molecule has 2 N–H and O–H groups in total. The largest absolute Gasteiger partial charge is 0.508 e. The van der Waals surface area contributed by atoms with Crippen molar-refractivity contribution in [1.29, 1.82) is 0 Å². The van der Waals surface area contributed by atoms with Crippen LogP contribution >= 0.6 is 11.6 Å². The van der Waals surface area contributed by atoms with Gasteiger partial charge < -0.3 is 14.9 Å². The van der Waals surface area contributed by atoms with Crippen LogP contribution in [0.5, 0.6) is 11.5 Å². The average Bonchev–Trinajstić information content (AvgIpc) is 2.60. The number of aryl methyl sites for hydroxylation is 1. The molecule has 4 nitrogen and oxygen atoms in total. The molecule has 2 aromatic carbocycles. The van der Waals surface area contributed by atoms with Crippen LogP contribution in [0.25, 0.3) is 0 Å². The summed E-state index contributed by atoms with van der Waals surface area (Å²) < 4.78 is 5.80. The molecule has 0 atom stereocenters. The zero-order chi connectivity index (χ0) is 17.9. The summed E-state index contributed by atoms with van der Waals surface area (Å²) in [5.74, 6) is 0.908. The van der Waals surface area contributed by atoms with E-state index in [1.54, 1.807) is 12.1 Å². The number of likely N-dealkylation sites (tertiary alicyclic amines) is 1. The Bertz CT molecular complexity index is 709. The molecule has 0 aromatic heterocycles. The normalized spacial score (nSPS) is 17.4. The summed E-state index contributed by atoms with van der Waals surface area (Å²) in [5, 5.41) is 20.7. The van der Waals surface area contributed by atoms with Gasteiger partial charge in [-0.25, -0.2) is 0 Å². The van der Waals surface area contributed by atoms with E-state index in [1.807, 2.05) is 37.3 Å². The lowest BCUT2D eigenvalue weighted by Crippen LogP contribution is -2.47. The molecule has 0 radical (unpaired) electrons. The summed E-state index contributed by atoms with van der Waals surface area (Å²) in [5.41, 5.74) is 1.42. The number of phenols is 1. The predicted octanol–water partition coefficient (Wildman–Crippen LogP) is 3.76. The lowest BCUT2D eigenvalue weighted by atomic mass is 9.92. The smallest absolute Gasteiger partial charge is 0.138 e. The summed E-state index contributed by atoms with van der Waals surface area (Å²) in [6.45, 7) is 4.68. The number of hydrogen-bond donors (Lipinski definition) is 2. The maximum Gasteiger partial charge on any atom is 0.138 e. The fraction of sp³-hybridized carbons (Fsp3) is 0.400. The minimum absolute atomic E-state index is 0.253. The Labute approximate surface area is 153 Å². The number of ether oxygens (including phenoxy) is 1. The molecule has 2 aromatic rings. The number of phenolic OH excluding ortho intramolecular Hbond substituents is 1. The topological polar surface area (TPSA) is 52.9 Å². The Balaban J connectivity index is 1.51. The quantitative estimate of drug-likeness (QED) is 0.851. The van der Waals surface area contributed by atoms with Crippen LogP contribution in [0.3, 0.4) is 0 Å². The second-order valence-electron chi connectivity index (χ2n) is 6.89. The second kappa shape index (κ2) is 7.65. The van der Waals surface area contributed by atoms with Crippen LogP contribution in [0.1, 0.15) is 24.0 Å². The number of aliphatic hydroxyl groups is 1. The number of nitrogens with zero attached hydrogens (tertiary/aromatic N) is 1. The van der Waals surface area contributed by atoms with E-state index >= 15 is 0 Å². The molecule has 0 bridgehead atoms. The van der Waals surface area contributed by atoms with Crippen molar-refractivity contribution in [2.24, 2.45) is 0 Å². The van der Waals surface area contributed by atoms with Gasteiger partial charge in [-0.3, -0.25) is 4.90 Å². The van der Waals surface area contributed by atoms with Crippen LogP contribution in [0.15, 0.2) is 42.5 Å². The Morgan fingerprint density at radius 2 is 1.80 bits per heavy atom. The van der Waals surface area contributed by atoms with Crippen LogP contribution in [0.4, 0.5) is 0 Å². The number of piperidine rings is 1. The van der Waals surface area contributed by atoms with Crippen LogP contribution in [-0.4, -0.2) is 40.4 Å². The maximum atomic E-state index is 10.8. The molecule has 1 saturated heterocycles. The van der Waals surface area contributed by atoms with Gasteiger partial charge in [0.25, 0.3) is 0 Å². The van der Waals surface area contributed by atoms with Gasteiger partial charge in [0, 0.05) is 19.6 Å². The van der Waals surface area contributed by atoms with E-state index in [9.17, 15) is 10.2 Å². The number of benzene rings is 2. The molecule has 0 spiro atoms. The number of halogens is 1. The maximum absolute atomic E-state index is 10.8. The Kier molecular flexibility index (Phi) is 5.52. The lowest BCUT2D eigenvalue weighted by molar-refractivity contribution is -0.0537. The summed E-state index contributed by atoms with van der Waals surface area (Å²) in [7, 11) is 0. The molecule has 0 unspecified atom stereocenters. The van der Waals surface area contributed by atoms with Gasteiger partial charge in [-0.05, 0) is 55.2 Å². The molecule has 134 valence electrons. The zero-order valence-corrected chi connectivity index (χ0v) is 15.2. The first-order valence-corrected chi connectivity index (χ1v) is 8.93. The summed E-state index contributed by atoms with van der Waals surface area (Å²) in [6, 6.07) is 12.9. The van der Waals surface area contributed by atoms with Crippen molar-refractivity contribution in [3.8, 4) is 11.5 Å². The van der Waals surface area contributed by atoms with E-state index < -0.39 is 5.60 Å². The Morgan fingerprint density at radius 3 is 2.48 bits per heavy atom. The monoisotopic (exact) mass is 361 g/mol. The summed E-state index contributed by atoms with van der Waals surface area (Å²) >= 11 is 6.15. The first-order chi connectivity index (χ1) is 11.9. The molecule has 25 heavy (non-hydrogen) atoms. The van der Waals surface area contributed by atoms with Gasteiger partial charge in [-0.1, -0.05) is 29.8 Å². The van der Waals surface area contributed by atoms with E-state index in [0.29, 0.717) is 23.6 Å². The number of aromatic hydroxyl groups is 1. The molecule has 1 aliphatic rings. The molecule has 0 amide bonds. The predicted molar refractivity (Wildman–Crippen MR) is 99.3 cm³/mol. The molecule has 5 heteroatoms. The van der Waals surface area contributed by atoms with Crippen molar-refractivity contribution < 1.29 is 14.9 Å². The standard InChI is InChI=1S/C20H24ClNO3/c1-15-2-7-18(21)19(12-15)25-14-20(24)8-10-22(11-9-20)13-16-3-5-17(23)6-4-16/h2-7,12,23-24H,8-11,13-14H2,1H3. The highest BCUT2D eigenvalue weighted by molar-refractivity contribution is 6.32. The molecule has 0 aliphatic carbocycles. The first-order valence-electron chi connectivity index (χ1n) is 8.55. The third kappa shape index (κ3) is 4.88. The van der Waals surface area contributed by atoms with Gasteiger partial charge in [0.05, 0.1) is 5.02 Å². The molecule has 1 fully saturated rings. The lowest BCUT2D eigenvalue weighted by Gasteiger charge is -2.38. The van der Waals surface area contributed by atoms with Gasteiger partial charge in [-0.15, -0.1) is 0 Å². The van der Waals surface area contributed by atoms with Gasteiger partial charge in [0.15, 0.2) is 0 Å². The summed E-state index contributed by atoms with van der Waals surface area (Å²) in [4.78, 5) is 2.31. The van der Waals surface area contributed by atoms with Crippen LogP contribution < -0.4 is 4.74 Å². The fourth-order valence-electron chi connectivity index (χ4n) is 3.06. The van der Waals surface area contributed by atoms with Gasteiger partial charge in [0.1, 0.15) is 23.7 Å².